The van der Waals surface area contributed by atoms with Gasteiger partial charge in [-0.3, -0.25) is 9.55 Å². The van der Waals surface area contributed by atoms with Crippen LogP contribution >= 0.6 is 0 Å². The first kappa shape index (κ1) is 27.4. The summed E-state index contributed by atoms with van der Waals surface area (Å²) in [5, 5.41) is 12.2. The number of aromatic hydroxyl groups is 1. The molecule has 0 amide bonds. The largest absolute Gasteiger partial charge is 0.507 e. The normalized spacial score (nSPS) is 15.0. The van der Waals surface area contributed by atoms with E-state index in [1.54, 1.807) is 24.3 Å². The summed E-state index contributed by atoms with van der Waals surface area (Å²) in [6.07, 6.45) is 1.54. The van der Waals surface area contributed by atoms with E-state index in [0.29, 0.717) is 50.5 Å². The van der Waals surface area contributed by atoms with Gasteiger partial charge in [-0.15, -0.1) is 0 Å². The first-order chi connectivity index (χ1) is 31.3. The number of para-hydroxylation sites is 1. The average molecular weight is 756 g/mol. The molecule has 0 saturated heterocycles. The lowest BCUT2D eigenvalue weighted by Crippen LogP contribution is -2.12. The predicted octanol–water partition coefficient (Wildman–Crippen LogP) is 14.0. The lowest BCUT2D eigenvalue weighted by atomic mass is 9.83. The van der Waals surface area contributed by atoms with Crippen LogP contribution < -0.4 is 0 Å². The minimum Gasteiger partial charge on any atom is -0.507 e. The summed E-state index contributed by atoms with van der Waals surface area (Å²) in [7, 11) is 0. The second-order valence-electron chi connectivity index (χ2n) is 16.7. The highest BCUT2D eigenvalue weighted by atomic mass is 16.3. The van der Waals surface area contributed by atoms with Gasteiger partial charge >= 0.3 is 0 Å². The van der Waals surface area contributed by atoms with Crippen LogP contribution in [0.4, 0.5) is 0 Å². The monoisotopic (exact) mass is 755 g/mol. The molecule has 4 nitrogen and oxygen atoms in total. The van der Waals surface area contributed by atoms with E-state index in [1.165, 1.54) is 6.20 Å². The van der Waals surface area contributed by atoms with Crippen LogP contribution in [-0.2, 0) is 10.8 Å². The molecule has 0 aliphatic heterocycles. The molecular formula is C53H51N3O. The molecule has 284 valence electrons. The van der Waals surface area contributed by atoms with Gasteiger partial charge in [-0.1, -0.05) is 138 Å². The zero-order valence-corrected chi connectivity index (χ0v) is 33.3. The summed E-state index contributed by atoms with van der Waals surface area (Å²) < 4.78 is 85.3. The highest BCUT2D eigenvalue weighted by molar-refractivity contribution is 5.98. The molecule has 4 heteroatoms. The molecule has 0 saturated carbocycles. The molecule has 0 spiro atoms. The van der Waals surface area contributed by atoms with Crippen molar-refractivity contribution in [3.63, 3.8) is 0 Å². The van der Waals surface area contributed by atoms with Crippen molar-refractivity contribution in [1.29, 1.82) is 0 Å². The molecule has 0 fully saturated rings. The summed E-state index contributed by atoms with van der Waals surface area (Å²) in [6.45, 7) is 9.22. The van der Waals surface area contributed by atoms with E-state index in [4.69, 9.17) is 23.7 Å². The fourth-order valence-corrected chi connectivity index (χ4v) is 7.42. The smallest absolute Gasteiger partial charge is 0.149 e. The van der Waals surface area contributed by atoms with Gasteiger partial charge in [-0.05, 0) is 113 Å². The van der Waals surface area contributed by atoms with E-state index in [2.05, 4.69) is 26.8 Å². The molecule has 57 heavy (non-hydrogen) atoms. The standard InChI is InChI=1S/C53H51N3O/c1-33-18-21-36(22-19-33)38-24-25-54-46(32-38)40-29-39(30-41(31-40)52(4,5)6)42-16-13-17-48-49(42)55-51(44-27-35(3)28-45(50(44)57)53(7,8)9)56(48)47-23-20-34(2)26-43(47)37-14-11-10-12-15-37/h10-32,57H,1-9H3/i1D3,2D3,18D,19D,21D,22D. The molecule has 0 aliphatic rings. The number of pyridine rings is 1. The molecule has 1 N–H and O–H groups in total. The Labute approximate surface area is 351 Å². The Bertz CT molecular complexity index is 3220. The summed E-state index contributed by atoms with van der Waals surface area (Å²) in [5.41, 5.74) is 8.46. The van der Waals surface area contributed by atoms with Crippen LogP contribution in [0.2, 0.25) is 0 Å². The van der Waals surface area contributed by atoms with Gasteiger partial charge in [0.15, 0.2) is 0 Å². The van der Waals surface area contributed by atoms with Gasteiger partial charge in [-0.25, -0.2) is 4.98 Å². The van der Waals surface area contributed by atoms with E-state index in [1.807, 2.05) is 111 Å². The van der Waals surface area contributed by atoms with Crippen molar-refractivity contribution in [3.05, 3.63) is 167 Å². The molecule has 0 unspecified atom stereocenters. The van der Waals surface area contributed by atoms with Gasteiger partial charge in [0.05, 0.1) is 33.5 Å². The van der Waals surface area contributed by atoms with Crippen LogP contribution in [0.3, 0.4) is 0 Å². The summed E-state index contributed by atoms with van der Waals surface area (Å²) in [4.78, 5) is 10.2. The summed E-state index contributed by atoms with van der Waals surface area (Å²) in [6, 6.07) is 31.8. The van der Waals surface area contributed by atoms with Crippen LogP contribution in [0.15, 0.2) is 140 Å². The third-order valence-electron chi connectivity index (χ3n) is 10.4. The maximum atomic E-state index is 12.2. The number of aryl methyl sites for hydroxylation is 2. The second-order valence-corrected chi connectivity index (χ2v) is 16.7. The second kappa shape index (κ2) is 14.4. The van der Waals surface area contributed by atoms with Gasteiger partial charge in [0.2, 0.25) is 0 Å². The predicted molar refractivity (Wildman–Crippen MR) is 239 cm³/mol. The lowest BCUT2D eigenvalue weighted by Gasteiger charge is -2.23. The van der Waals surface area contributed by atoms with Gasteiger partial charge in [-0.2, -0.15) is 0 Å². The number of hydrogen-bond acceptors (Lipinski definition) is 3. The lowest BCUT2D eigenvalue weighted by molar-refractivity contribution is 0.448. The zero-order chi connectivity index (χ0) is 48.7. The number of fused-ring (bicyclic) bond motifs is 1. The molecule has 2 aromatic heterocycles. The Morgan fingerprint density at radius 1 is 0.596 bits per heavy atom. The molecule has 2 heterocycles. The molecule has 0 bridgehead atoms. The van der Waals surface area contributed by atoms with Crippen LogP contribution in [0.1, 0.15) is 83.1 Å². The van der Waals surface area contributed by atoms with Crippen molar-refractivity contribution in [2.24, 2.45) is 0 Å². The van der Waals surface area contributed by atoms with E-state index in [9.17, 15) is 5.11 Å². The van der Waals surface area contributed by atoms with Gasteiger partial charge in [0.25, 0.3) is 0 Å². The summed E-state index contributed by atoms with van der Waals surface area (Å²) >= 11 is 0. The highest BCUT2D eigenvalue weighted by Crippen LogP contribution is 2.44. The molecule has 8 aromatic rings. The van der Waals surface area contributed by atoms with E-state index < -0.39 is 48.9 Å². The third-order valence-corrected chi connectivity index (χ3v) is 10.4. The minimum absolute atomic E-state index is 0.0301. The van der Waals surface area contributed by atoms with E-state index in [0.717, 1.165) is 33.4 Å². The van der Waals surface area contributed by atoms with Gasteiger partial charge < -0.3 is 5.11 Å². The fraction of sp³-hybridized carbons (Fsp3) is 0.208. The molecular weight excluding hydrogens is 695 g/mol. The maximum Gasteiger partial charge on any atom is 0.149 e. The van der Waals surface area contributed by atoms with Crippen molar-refractivity contribution < 1.29 is 18.8 Å². The SMILES string of the molecule is [2H]c1c([2H])c(C([2H])([2H])[2H])c([2H])c([2H])c1-c1ccnc(-c2cc(-c3cccc4c3nc(-c3cc(C)cc(C(C)(C)C)c3O)n4-c3ccc(C([2H])([2H])[2H])cc3-c3ccccc3)cc(C(C)(C)C)c2)c1. The van der Waals surface area contributed by atoms with E-state index >= 15 is 0 Å². The minimum atomic E-state index is -2.84. The maximum absolute atomic E-state index is 12.2. The number of nitrogens with zero attached hydrogens (tertiary/aromatic N) is 3. The van der Waals surface area contributed by atoms with Crippen LogP contribution in [0, 0.1) is 20.6 Å². The van der Waals surface area contributed by atoms with E-state index in [-0.39, 0.29) is 22.3 Å². The van der Waals surface area contributed by atoms with Crippen LogP contribution in [-0.4, -0.2) is 19.6 Å². The Morgan fingerprint density at radius 3 is 2.05 bits per heavy atom. The Kier molecular flexibility index (Phi) is 6.89. The number of benzene rings is 6. The van der Waals surface area contributed by atoms with Crippen LogP contribution in [0.5, 0.6) is 5.75 Å². The van der Waals surface area contributed by atoms with Gasteiger partial charge in [0, 0.05) is 36.7 Å². The topological polar surface area (TPSA) is 50.9 Å². The number of aromatic nitrogens is 3. The Balaban J connectivity index is 1.42. The molecule has 8 rings (SSSR count). The fourth-order valence-electron chi connectivity index (χ4n) is 7.42. The zero-order valence-electron chi connectivity index (χ0n) is 43.3. The number of rotatable bonds is 6. The van der Waals surface area contributed by atoms with Crippen molar-refractivity contribution in [2.75, 3.05) is 0 Å². The van der Waals surface area contributed by atoms with Gasteiger partial charge in [0.1, 0.15) is 11.6 Å². The number of hydrogen-bond donors (Lipinski definition) is 1. The molecule has 0 radical (unpaired) electrons. The first-order valence-electron chi connectivity index (χ1n) is 24.1. The molecule has 0 aliphatic carbocycles. The van der Waals surface area contributed by atoms with Crippen molar-refractivity contribution in [1.82, 2.24) is 14.5 Å². The Morgan fingerprint density at radius 2 is 1.33 bits per heavy atom. The first-order valence-corrected chi connectivity index (χ1v) is 19.1. The number of phenolic OH excluding ortho intramolecular Hbond substituents is 1. The summed E-state index contributed by atoms with van der Waals surface area (Å²) in [5.74, 6) is 0.549. The Hall–Kier alpha value is -6.26. The number of phenols is 1. The van der Waals surface area contributed by atoms with Crippen molar-refractivity contribution in [2.45, 2.75) is 73.0 Å². The average Bonchev–Trinajstić information content (AvgIpc) is 3.64. The third kappa shape index (κ3) is 7.29. The highest BCUT2D eigenvalue weighted by Gasteiger charge is 2.27. The van der Waals surface area contributed by atoms with Crippen molar-refractivity contribution >= 4 is 11.0 Å². The molecule has 0 atom stereocenters. The number of imidazole rings is 1. The van der Waals surface area contributed by atoms with Crippen molar-refractivity contribution in [3.8, 4) is 67.5 Å². The molecule has 6 aromatic carbocycles. The quantitative estimate of drug-likeness (QED) is 0.184. The van der Waals surface area contributed by atoms with Crippen LogP contribution in [0.25, 0.3) is 72.7 Å².